The van der Waals surface area contributed by atoms with Crippen molar-refractivity contribution in [3.8, 4) is 11.5 Å². The molecule has 2 fully saturated rings. The van der Waals surface area contributed by atoms with Crippen molar-refractivity contribution in [3.05, 3.63) is 140 Å². The fraction of sp³-hybridized carbons (Fsp3) is 0.326. The molecule has 0 spiro atoms. The second-order valence-corrected chi connectivity index (χ2v) is 16.6. The number of hydrogen-bond donors (Lipinski definition) is 2. The summed E-state index contributed by atoms with van der Waals surface area (Å²) in [6.45, 7) is 8.40. The normalized spacial score (nSPS) is 14.4. The Morgan fingerprint density at radius 2 is 1.44 bits per heavy atom. The second kappa shape index (κ2) is 19.3. The summed E-state index contributed by atoms with van der Waals surface area (Å²) < 4.78 is 27.0. The molecule has 0 unspecified atom stereocenters. The van der Waals surface area contributed by atoms with Gasteiger partial charge < -0.3 is 37.9 Å². The van der Waals surface area contributed by atoms with Crippen molar-refractivity contribution < 1.29 is 28.2 Å². The minimum absolute atomic E-state index is 0.175. The highest BCUT2D eigenvalue weighted by atomic mass is 35.5. The lowest BCUT2D eigenvalue weighted by molar-refractivity contribution is 0.0697. The standard InChI is InChI=1S/C29H28Cl2N6O4.C14H14Cl2N2O2/c1-2-36-17-32-10-21(36)14-37-25-8-19(29(38)39)3-5-24(25)34-27(37)15-35-12-18(13-35)7-22-11-33-28(41-22)16-40-26-6-4-20(30)9-23(26)31;15-10-1-2-13(12(16)4-10)19-8-14-18-7-11(20-14)3-9-5-17-6-9/h3-6,8-11,17-18H,2,7,12-16H2,1H3,(H,38,39);1-2,4,7,9,17H,3,5-6,8H2. The van der Waals surface area contributed by atoms with E-state index in [0.717, 1.165) is 79.6 Å². The number of nitrogens with zero attached hydrogens (tertiary/aromatic N) is 7. The fourth-order valence-corrected chi connectivity index (χ4v) is 8.13. The van der Waals surface area contributed by atoms with Gasteiger partial charge in [0.15, 0.2) is 13.2 Å². The maximum absolute atomic E-state index is 11.6. The zero-order chi connectivity index (χ0) is 42.5. The number of benzene rings is 3. The highest BCUT2D eigenvalue weighted by molar-refractivity contribution is 6.36. The van der Waals surface area contributed by atoms with Gasteiger partial charge in [-0.3, -0.25) is 4.90 Å². The molecule has 9 rings (SSSR count). The van der Waals surface area contributed by atoms with Gasteiger partial charge in [-0.25, -0.2) is 24.7 Å². The third kappa shape index (κ3) is 10.7. The first-order valence-electron chi connectivity index (χ1n) is 19.7. The average molecular weight is 909 g/mol. The van der Waals surface area contributed by atoms with Gasteiger partial charge in [-0.05, 0) is 86.4 Å². The number of likely N-dealkylation sites (tertiary alicyclic amines) is 1. The van der Waals surface area contributed by atoms with E-state index in [1.54, 1.807) is 67.0 Å². The van der Waals surface area contributed by atoms with E-state index in [2.05, 4.69) is 41.2 Å². The summed E-state index contributed by atoms with van der Waals surface area (Å²) in [6, 6.07) is 15.2. The Kier molecular flexibility index (Phi) is 13.5. The van der Waals surface area contributed by atoms with Crippen LogP contribution in [0, 0.1) is 11.8 Å². The molecule has 2 aliphatic heterocycles. The number of carboxylic acids is 1. The van der Waals surface area contributed by atoms with Crippen LogP contribution in [0.2, 0.25) is 20.1 Å². The van der Waals surface area contributed by atoms with E-state index in [1.165, 1.54) is 0 Å². The first-order valence-corrected chi connectivity index (χ1v) is 21.3. The first kappa shape index (κ1) is 42.6. The molecular formula is C43H42Cl4N8O6. The van der Waals surface area contributed by atoms with Gasteiger partial charge >= 0.3 is 5.97 Å². The number of fused-ring (bicyclic) bond motifs is 1. The van der Waals surface area contributed by atoms with E-state index in [1.807, 2.05) is 12.5 Å². The van der Waals surface area contributed by atoms with Gasteiger partial charge in [0.25, 0.3) is 0 Å². The van der Waals surface area contributed by atoms with Crippen molar-refractivity contribution >= 4 is 63.4 Å². The van der Waals surface area contributed by atoms with Crippen molar-refractivity contribution in [2.75, 3.05) is 26.2 Å². The van der Waals surface area contributed by atoms with Crippen LogP contribution in [0.1, 0.15) is 52.1 Å². The molecule has 3 aromatic carbocycles. The lowest BCUT2D eigenvalue weighted by Gasteiger charge is -2.38. The van der Waals surface area contributed by atoms with Crippen LogP contribution in [-0.4, -0.2) is 71.2 Å². The number of imidazole rings is 2. The number of rotatable bonds is 16. The quantitative estimate of drug-likeness (QED) is 0.0951. The zero-order valence-electron chi connectivity index (χ0n) is 33.1. The summed E-state index contributed by atoms with van der Waals surface area (Å²) >= 11 is 24.0. The molecule has 0 bridgehead atoms. The molecular weight excluding hydrogens is 866 g/mol. The molecule has 2 N–H and O–H groups in total. The number of nitrogens with one attached hydrogen (secondary N) is 1. The Balaban J connectivity index is 0.000000214. The molecule has 0 aliphatic carbocycles. The van der Waals surface area contributed by atoms with Gasteiger partial charge in [-0.15, -0.1) is 0 Å². The molecule has 0 atom stereocenters. The summed E-state index contributed by atoms with van der Waals surface area (Å²) in [4.78, 5) is 31.7. The van der Waals surface area contributed by atoms with E-state index in [4.69, 9.17) is 69.7 Å². The lowest BCUT2D eigenvalue weighted by atomic mass is 9.95. The van der Waals surface area contributed by atoms with Crippen LogP contribution >= 0.6 is 46.4 Å². The maximum atomic E-state index is 11.6. The number of hydrogen-bond acceptors (Lipinski definition) is 11. The van der Waals surface area contributed by atoms with Crippen LogP contribution in [0.3, 0.4) is 0 Å². The average Bonchev–Trinajstić information content (AvgIpc) is 4.03. The minimum atomic E-state index is -0.957. The summed E-state index contributed by atoms with van der Waals surface area (Å²) in [5.41, 5.74) is 2.86. The first-order chi connectivity index (χ1) is 29.6. The number of ether oxygens (including phenoxy) is 2. The molecule has 6 heterocycles. The summed E-state index contributed by atoms with van der Waals surface area (Å²) in [5, 5.41) is 14.8. The summed E-state index contributed by atoms with van der Waals surface area (Å²) in [7, 11) is 0. The zero-order valence-corrected chi connectivity index (χ0v) is 36.1. The van der Waals surface area contributed by atoms with Crippen LogP contribution in [0.15, 0.2) is 88.3 Å². The number of halogens is 4. The van der Waals surface area contributed by atoms with Crippen molar-refractivity contribution in [2.24, 2.45) is 11.8 Å². The highest BCUT2D eigenvalue weighted by Crippen LogP contribution is 2.30. The number of oxazole rings is 2. The van der Waals surface area contributed by atoms with Crippen LogP contribution in [-0.2, 0) is 45.7 Å². The van der Waals surface area contributed by atoms with Crippen LogP contribution in [0.4, 0.5) is 0 Å². The Morgan fingerprint density at radius 1 is 0.820 bits per heavy atom. The van der Waals surface area contributed by atoms with Crippen molar-refractivity contribution in [2.45, 2.75) is 52.6 Å². The molecule has 7 aromatic rings. The topological polar surface area (TPSA) is 159 Å². The Bertz CT molecular complexity index is 2610. The number of aromatic nitrogens is 6. The number of carbonyl (C=O) groups is 1. The molecule has 318 valence electrons. The predicted molar refractivity (Wildman–Crippen MR) is 231 cm³/mol. The van der Waals surface area contributed by atoms with Crippen molar-refractivity contribution in [1.29, 1.82) is 0 Å². The minimum Gasteiger partial charge on any atom is -0.482 e. The fourth-order valence-electron chi connectivity index (χ4n) is 7.21. The third-order valence-electron chi connectivity index (χ3n) is 10.5. The van der Waals surface area contributed by atoms with E-state index in [-0.39, 0.29) is 18.8 Å². The van der Waals surface area contributed by atoms with Crippen LogP contribution in [0.25, 0.3) is 11.0 Å². The van der Waals surface area contributed by atoms with E-state index < -0.39 is 5.97 Å². The molecule has 2 aliphatic rings. The Morgan fingerprint density at radius 3 is 2.00 bits per heavy atom. The molecule has 0 saturated carbocycles. The number of aromatic carboxylic acids is 1. The molecule has 2 saturated heterocycles. The van der Waals surface area contributed by atoms with Gasteiger partial charge in [0.05, 0.1) is 64.1 Å². The lowest BCUT2D eigenvalue weighted by Crippen LogP contribution is -2.47. The SMILES string of the molecule is CCn1cncc1Cn1c(CN2CC(Cc3cnc(COc4ccc(Cl)cc4Cl)o3)C2)nc2ccc(C(=O)O)cc21.Clc1ccc(OCc2ncc(CC3CNC3)o2)c(Cl)c1. The monoisotopic (exact) mass is 906 g/mol. The number of carboxylic acid groups (broad SMARTS) is 1. The van der Waals surface area contributed by atoms with Crippen molar-refractivity contribution in [3.63, 3.8) is 0 Å². The largest absolute Gasteiger partial charge is 0.482 e. The molecule has 61 heavy (non-hydrogen) atoms. The molecule has 0 amide bonds. The summed E-state index contributed by atoms with van der Waals surface area (Å²) in [5.74, 6) is 4.87. The van der Waals surface area contributed by atoms with Gasteiger partial charge in [0.1, 0.15) is 28.8 Å². The van der Waals surface area contributed by atoms with Gasteiger partial charge in [-0.1, -0.05) is 46.4 Å². The van der Waals surface area contributed by atoms with Gasteiger partial charge in [0, 0.05) is 48.7 Å². The van der Waals surface area contributed by atoms with E-state index in [0.29, 0.717) is 68.3 Å². The smallest absolute Gasteiger partial charge is 0.335 e. The van der Waals surface area contributed by atoms with Crippen molar-refractivity contribution in [1.82, 2.24) is 39.3 Å². The Labute approximate surface area is 371 Å². The Hall–Kier alpha value is -5.09. The number of aryl methyl sites for hydroxylation is 1. The van der Waals surface area contributed by atoms with E-state index in [9.17, 15) is 9.90 Å². The molecule has 0 radical (unpaired) electrons. The van der Waals surface area contributed by atoms with Gasteiger partial charge in [0.2, 0.25) is 11.8 Å². The highest BCUT2D eigenvalue weighted by Gasteiger charge is 2.30. The molecule has 14 nitrogen and oxygen atoms in total. The van der Waals surface area contributed by atoms with E-state index >= 15 is 0 Å². The summed E-state index contributed by atoms with van der Waals surface area (Å²) in [6.07, 6.45) is 8.87. The van der Waals surface area contributed by atoms with Crippen LogP contribution in [0.5, 0.6) is 11.5 Å². The molecule has 4 aromatic heterocycles. The van der Waals surface area contributed by atoms with Gasteiger partial charge in [-0.2, -0.15) is 0 Å². The second-order valence-electron chi connectivity index (χ2n) is 15.0. The predicted octanol–water partition coefficient (Wildman–Crippen LogP) is 8.87. The van der Waals surface area contributed by atoms with Crippen LogP contribution < -0.4 is 14.8 Å². The maximum Gasteiger partial charge on any atom is 0.335 e. The third-order valence-corrected chi connectivity index (χ3v) is 11.5. The molecule has 18 heteroatoms.